The minimum absolute atomic E-state index is 0.120. The molecule has 0 bridgehead atoms. The molecule has 3 aromatic carbocycles. The van der Waals surface area contributed by atoms with E-state index in [-0.39, 0.29) is 65.8 Å². The number of halogens is 2. The van der Waals surface area contributed by atoms with Crippen molar-refractivity contribution in [1.82, 2.24) is 4.90 Å². The Labute approximate surface area is 281 Å². The van der Waals surface area contributed by atoms with Gasteiger partial charge in [0.1, 0.15) is 11.6 Å². The number of aromatic hydroxyl groups is 2. The van der Waals surface area contributed by atoms with Crippen LogP contribution in [0, 0.1) is 34.9 Å². The highest BCUT2D eigenvalue weighted by Gasteiger charge is 2.68. The van der Waals surface area contributed by atoms with Crippen LogP contribution in [0.2, 0.25) is 5.02 Å². The lowest BCUT2D eigenvalue weighted by atomic mass is 9.51. The number of imide groups is 2. The Balaban J connectivity index is 1.31. The van der Waals surface area contributed by atoms with Gasteiger partial charge in [0.15, 0.2) is 11.5 Å². The maximum Gasteiger partial charge on any atom is 0.241 e. The molecule has 2 saturated heterocycles. The quantitative estimate of drug-likeness (QED) is 0.242. The number of amides is 4. The van der Waals surface area contributed by atoms with Gasteiger partial charge in [-0.05, 0) is 81.0 Å². The number of ether oxygens (including phenoxy) is 1. The van der Waals surface area contributed by atoms with Gasteiger partial charge in [-0.1, -0.05) is 47.5 Å². The molecule has 0 unspecified atom stereocenters. The second-order valence-electron chi connectivity index (χ2n) is 13.1. The summed E-state index contributed by atoms with van der Waals surface area (Å²) in [5.74, 6) is -5.88. The fourth-order valence-electron chi connectivity index (χ4n) is 8.46. The van der Waals surface area contributed by atoms with E-state index in [1.165, 1.54) is 17.0 Å². The Morgan fingerprint density at radius 2 is 1.73 bits per heavy atom. The first-order chi connectivity index (χ1) is 23.0. The molecule has 4 amide bonds. The van der Waals surface area contributed by atoms with Crippen molar-refractivity contribution in [3.8, 4) is 17.2 Å². The van der Waals surface area contributed by atoms with E-state index in [2.05, 4.69) is 0 Å². The molecular formula is C37H34ClFN2O7. The minimum Gasteiger partial charge on any atom is -0.508 e. The van der Waals surface area contributed by atoms with Crippen LogP contribution in [0.1, 0.15) is 43.7 Å². The number of allylic oxidation sites excluding steroid dienone is 2. The maximum atomic E-state index is 14.6. The third kappa shape index (κ3) is 4.71. The Morgan fingerprint density at radius 1 is 0.979 bits per heavy atom. The summed E-state index contributed by atoms with van der Waals surface area (Å²) >= 11 is 6.08. The predicted octanol–water partition coefficient (Wildman–Crippen LogP) is 5.76. The van der Waals surface area contributed by atoms with Gasteiger partial charge >= 0.3 is 0 Å². The number of anilines is 1. The molecule has 2 aliphatic carbocycles. The summed E-state index contributed by atoms with van der Waals surface area (Å²) < 4.78 is 19.8. The van der Waals surface area contributed by atoms with Crippen LogP contribution in [-0.4, -0.2) is 51.9 Å². The lowest BCUT2D eigenvalue weighted by Crippen LogP contribution is -2.49. The number of phenols is 2. The number of carbonyl (C=O) groups is 4. The Kier molecular flexibility index (Phi) is 7.82. The van der Waals surface area contributed by atoms with Gasteiger partial charge in [-0.3, -0.25) is 24.1 Å². The highest BCUT2D eigenvalue weighted by atomic mass is 35.5. The summed E-state index contributed by atoms with van der Waals surface area (Å²) in [6.45, 7) is 3.93. The average molecular weight is 673 g/mol. The molecule has 248 valence electrons. The number of carbonyl (C=O) groups excluding carboxylic acids is 4. The second kappa shape index (κ2) is 11.8. The van der Waals surface area contributed by atoms with Gasteiger partial charge in [-0.2, -0.15) is 0 Å². The van der Waals surface area contributed by atoms with Crippen LogP contribution < -0.4 is 9.64 Å². The van der Waals surface area contributed by atoms with E-state index in [0.29, 0.717) is 12.0 Å². The second-order valence-corrected chi connectivity index (χ2v) is 13.5. The van der Waals surface area contributed by atoms with Crippen molar-refractivity contribution >= 4 is 40.9 Å². The SMILES string of the molecule is CCOc1cccc([C@H]2C3=CC[C@@H]4C(=O)N(CCc5ccc(O)cc5)C(=O)[C@@H]4[C@@H]3C[C@H]3C(=O)N(c4ccc(F)c(Cl)c4)C(=O)[C@@]23C)c1O. The van der Waals surface area contributed by atoms with Gasteiger partial charge in [-0.25, -0.2) is 9.29 Å². The molecule has 48 heavy (non-hydrogen) atoms. The van der Waals surface area contributed by atoms with Gasteiger partial charge in [0, 0.05) is 18.0 Å². The number of nitrogens with zero attached hydrogens (tertiary/aromatic N) is 2. The van der Waals surface area contributed by atoms with Gasteiger partial charge in [-0.15, -0.1) is 0 Å². The molecule has 2 N–H and O–H groups in total. The molecule has 6 atom stereocenters. The van der Waals surface area contributed by atoms with Gasteiger partial charge in [0.2, 0.25) is 23.6 Å². The zero-order valence-corrected chi connectivity index (χ0v) is 27.1. The first kappa shape index (κ1) is 31.9. The number of fused-ring (bicyclic) bond motifs is 4. The number of rotatable bonds is 7. The zero-order valence-electron chi connectivity index (χ0n) is 26.4. The Morgan fingerprint density at radius 3 is 2.44 bits per heavy atom. The average Bonchev–Trinajstić information content (AvgIpc) is 3.42. The molecule has 4 aliphatic rings. The van der Waals surface area contributed by atoms with E-state index in [0.717, 1.165) is 22.1 Å². The Bertz CT molecular complexity index is 1890. The fraction of sp³-hybridized carbons (Fsp3) is 0.351. The molecule has 7 rings (SSSR count). The molecule has 2 heterocycles. The van der Waals surface area contributed by atoms with Crippen LogP contribution in [-0.2, 0) is 25.6 Å². The van der Waals surface area contributed by atoms with E-state index in [1.54, 1.807) is 56.3 Å². The molecule has 2 aliphatic heterocycles. The highest BCUT2D eigenvalue weighted by Crippen LogP contribution is 2.64. The molecule has 11 heteroatoms. The molecule has 9 nitrogen and oxygen atoms in total. The number of benzene rings is 3. The van der Waals surface area contributed by atoms with E-state index >= 15 is 0 Å². The van der Waals surface area contributed by atoms with Crippen molar-refractivity contribution in [3.63, 3.8) is 0 Å². The maximum absolute atomic E-state index is 14.6. The third-order valence-electron chi connectivity index (χ3n) is 10.7. The predicted molar refractivity (Wildman–Crippen MR) is 174 cm³/mol. The molecule has 3 aromatic rings. The third-order valence-corrected chi connectivity index (χ3v) is 11.0. The number of phenolic OH excluding ortho intramolecular Hbond substituents is 2. The smallest absolute Gasteiger partial charge is 0.241 e. The largest absolute Gasteiger partial charge is 0.508 e. The van der Waals surface area contributed by atoms with Crippen molar-refractivity contribution in [3.05, 3.63) is 94.3 Å². The standard InChI is InChI=1S/C37H34ClFN2O7/c1-3-48-29-6-4-5-24(32(29)43)31-22-12-13-23-30(35(46)40(33(23)44)16-15-19-7-10-21(42)11-8-19)25(22)18-26-34(45)41(36(47)37(26,31)2)20-9-14-28(39)27(38)17-20/h4-12,14,17,23,25-26,30-31,42-43H,3,13,15-16,18H2,1-2H3/t23-,25+,26-,30-,31+,37+/m0/s1. The lowest BCUT2D eigenvalue weighted by molar-refractivity contribution is -0.140. The number of likely N-dealkylation sites (tertiary alicyclic amines) is 1. The topological polar surface area (TPSA) is 124 Å². The summed E-state index contributed by atoms with van der Waals surface area (Å²) in [4.78, 5) is 59.1. The molecule has 0 radical (unpaired) electrons. The molecule has 3 fully saturated rings. The molecule has 0 spiro atoms. The first-order valence-corrected chi connectivity index (χ1v) is 16.5. The van der Waals surface area contributed by atoms with Crippen molar-refractivity contribution in [2.24, 2.45) is 29.1 Å². The molecule has 0 aromatic heterocycles. The number of hydrogen-bond donors (Lipinski definition) is 2. The fourth-order valence-corrected chi connectivity index (χ4v) is 8.64. The van der Waals surface area contributed by atoms with E-state index in [1.807, 2.05) is 6.08 Å². The highest BCUT2D eigenvalue weighted by molar-refractivity contribution is 6.31. The van der Waals surface area contributed by atoms with Crippen molar-refractivity contribution in [1.29, 1.82) is 0 Å². The summed E-state index contributed by atoms with van der Waals surface area (Å²) in [5.41, 5.74) is 0.681. The van der Waals surface area contributed by atoms with Gasteiger partial charge in [0.25, 0.3) is 0 Å². The number of para-hydroxylation sites is 1. The van der Waals surface area contributed by atoms with E-state index in [4.69, 9.17) is 16.3 Å². The van der Waals surface area contributed by atoms with Crippen molar-refractivity contribution in [2.45, 2.75) is 39.0 Å². The normalized spacial score (nSPS) is 27.9. The van der Waals surface area contributed by atoms with E-state index < -0.39 is 52.6 Å². The zero-order chi connectivity index (χ0) is 34.1. The van der Waals surface area contributed by atoms with Crippen LogP contribution in [0.15, 0.2) is 72.3 Å². The van der Waals surface area contributed by atoms with Crippen LogP contribution >= 0.6 is 11.6 Å². The number of hydrogen-bond acceptors (Lipinski definition) is 7. The van der Waals surface area contributed by atoms with Crippen LogP contribution in [0.25, 0.3) is 0 Å². The summed E-state index contributed by atoms with van der Waals surface area (Å²) in [7, 11) is 0. The van der Waals surface area contributed by atoms with Crippen LogP contribution in [0.3, 0.4) is 0 Å². The molecule has 1 saturated carbocycles. The minimum atomic E-state index is -1.40. The van der Waals surface area contributed by atoms with E-state index in [9.17, 15) is 33.8 Å². The van der Waals surface area contributed by atoms with Crippen molar-refractivity contribution < 1.29 is 38.5 Å². The van der Waals surface area contributed by atoms with Crippen molar-refractivity contribution in [2.75, 3.05) is 18.1 Å². The lowest BCUT2D eigenvalue weighted by Gasteiger charge is -2.49. The first-order valence-electron chi connectivity index (χ1n) is 16.1. The Hall–Kier alpha value is -4.70. The monoisotopic (exact) mass is 672 g/mol. The summed E-state index contributed by atoms with van der Waals surface area (Å²) in [6, 6.07) is 15.3. The van der Waals surface area contributed by atoms with Gasteiger partial charge < -0.3 is 14.9 Å². The molecular weight excluding hydrogens is 639 g/mol. The van der Waals surface area contributed by atoms with Crippen LogP contribution in [0.5, 0.6) is 17.2 Å². The van der Waals surface area contributed by atoms with Crippen LogP contribution in [0.4, 0.5) is 10.1 Å². The van der Waals surface area contributed by atoms with Gasteiger partial charge in [0.05, 0.1) is 40.5 Å². The summed E-state index contributed by atoms with van der Waals surface area (Å²) in [5, 5.41) is 20.9. The summed E-state index contributed by atoms with van der Waals surface area (Å²) in [6.07, 6.45) is 2.71.